The highest BCUT2D eigenvalue weighted by Crippen LogP contribution is 2.25. The van der Waals surface area contributed by atoms with Crippen LogP contribution in [0.2, 0.25) is 0 Å². The first-order valence-corrected chi connectivity index (χ1v) is 5.52. The highest BCUT2D eigenvalue weighted by Gasteiger charge is 2.26. The van der Waals surface area contributed by atoms with E-state index in [4.69, 9.17) is 10.3 Å². The van der Waals surface area contributed by atoms with E-state index in [1.807, 2.05) is 6.92 Å². The van der Waals surface area contributed by atoms with Gasteiger partial charge < -0.3 is 10.3 Å². The van der Waals surface area contributed by atoms with Crippen molar-refractivity contribution in [3.8, 4) is 11.5 Å². The molecule has 2 N–H and O–H groups in total. The monoisotopic (exact) mass is 253 g/mol. The normalized spacial score (nSPS) is 14.5. The fraction of sp³-hybridized carbons (Fsp3) is 0.333. The summed E-state index contributed by atoms with van der Waals surface area (Å²) in [6.45, 7) is 3.64. The summed E-state index contributed by atoms with van der Waals surface area (Å²) < 4.78 is 31.3. The SMILES string of the molecule is CCC(C)(N)c1noc(-c2ccc(F)cc2F)n1. The Labute approximate surface area is 103 Å². The molecule has 18 heavy (non-hydrogen) atoms. The number of hydrogen-bond acceptors (Lipinski definition) is 4. The molecular weight excluding hydrogens is 240 g/mol. The van der Waals surface area contributed by atoms with Gasteiger partial charge >= 0.3 is 0 Å². The molecule has 0 saturated carbocycles. The minimum atomic E-state index is -0.750. The van der Waals surface area contributed by atoms with Crippen LogP contribution in [0.4, 0.5) is 8.78 Å². The van der Waals surface area contributed by atoms with Gasteiger partial charge in [-0.25, -0.2) is 8.78 Å². The van der Waals surface area contributed by atoms with Gasteiger partial charge in [-0.05, 0) is 25.5 Å². The first-order valence-electron chi connectivity index (χ1n) is 5.52. The van der Waals surface area contributed by atoms with Crippen molar-refractivity contribution in [2.24, 2.45) is 5.73 Å². The van der Waals surface area contributed by atoms with Gasteiger partial charge in [0.2, 0.25) is 0 Å². The van der Waals surface area contributed by atoms with Crippen molar-refractivity contribution in [2.45, 2.75) is 25.8 Å². The summed E-state index contributed by atoms with van der Waals surface area (Å²) in [6, 6.07) is 3.15. The summed E-state index contributed by atoms with van der Waals surface area (Å²) in [5, 5.41) is 3.73. The summed E-state index contributed by atoms with van der Waals surface area (Å²) >= 11 is 0. The lowest BCUT2D eigenvalue weighted by Gasteiger charge is -2.16. The maximum Gasteiger partial charge on any atom is 0.260 e. The van der Waals surface area contributed by atoms with Gasteiger partial charge in [-0.3, -0.25) is 0 Å². The van der Waals surface area contributed by atoms with Crippen molar-refractivity contribution in [3.05, 3.63) is 35.7 Å². The molecular formula is C12H13F2N3O. The number of nitrogens with zero attached hydrogens (tertiary/aromatic N) is 2. The Bertz CT molecular complexity index is 566. The lowest BCUT2D eigenvalue weighted by Crippen LogP contribution is -2.33. The smallest absolute Gasteiger partial charge is 0.260 e. The maximum atomic E-state index is 13.5. The van der Waals surface area contributed by atoms with E-state index in [1.54, 1.807) is 6.92 Å². The lowest BCUT2D eigenvalue weighted by molar-refractivity contribution is 0.378. The van der Waals surface area contributed by atoms with E-state index < -0.39 is 17.2 Å². The molecule has 96 valence electrons. The van der Waals surface area contributed by atoms with Crippen LogP contribution in [0.3, 0.4) is 0 Å². The van der Waals surface area contributed by atoms with Gasteiger partial charge in [0.25, 0.3) is 5.89 Å². The van der Waals surface area contributed by atoms with Crippen LogP contribution in [-0.4, -0.2) is 10.1 Å². The Morgan fingerprint density at radius 1 is 1.39 bits per heavy atom. The molecule has 2 aromatic rings. The second-order valence-electron chi connectivity index (χ2n) is 4.32. The van der Waals surface area contributed by atoms with Gasteiger partial charge in [-0.15, -0.1) is 0 Å². The molecule has 0 radical (unpaired) electrons. The molecule has 1 unspecified atom stereocenters. The van der Waals surface area contributed by atoms with Gasteiger partial charge in [-0.1, -0.05) is 12.1 Å². The molecule has 0 fully saturated rings. The minimum absolute atomic E-state index is 0.00683. The largest absolute Gasteiger partial charge is 0.334 e. The standard InChI is InChI=1S/C12H13F2N3O/c1-3-12(2,15)11-16-10(18-17-11)8-5-4-7(13)6-9(8)14/h4-6H,3,15H2,1-2H3. The summed E-state index contributed by atoms with van der Waals surface area (Å²) in [5.41, 5.74) is 5.27. The molecule has 0 spiro atoms. The molecule has 0 saturated heterocycles. The topological polar surface area (TPSA) is 64.9 Å². The average Bonchev–Trinajstić information content (AvgIpc) is 2.79. The van der Waals surface area contributed by atoms with Crippen LogP contribution >= 0.6 is 0 Å². The third-order valence-electron chi connectivity index (χ3n) is 2.83. The Morgan fingerprint density at radius 3 is 2.72 bits per heavy atom. The van der Waals surface area contributed by atoms with Gasteiger partial charge in [0.15, 0.2) is 5.82 Å². The fourth-order valence-electron chi connectivity index (χ4n) is 1.39. The quantitative estimate of drug-likeness (QED) is 0.913. The molecule has 1 aromatic carbocycles. The molecule has 0 amide bonds. The minimum Gasteiger partial charge on any atom is -0.334 e. The zero-order chi connectivity index (χ0) is 13.3. The number of nitrogens with two attached hydrogens (primary N) is 1. The number of hydrogen-bond donors (Lipinski definition) is 1. The van der Waals surface area contributed by atoms with E-state index in [-0.39, 0.29) is 11.5 Å². The third kappa shape index (κ3) is 2.24. The van der Waals surface area contributed by atoms with E-state index in [9.17, 15) is 8.78 Å². The van der Waals surface area contributed by atoms with E-state index >= 15 is 0 Å². The van der Waals surface area contributed by atoms with Crippen LogP contribution < -0.4 is 5.73 Å². The van der Waals surface area contributed by atoms with Crippen molar-refractivity contribution in [1.29, 1.82) is 0 Å². The van der Waals surface area contributed by atoms with Gasteiger partial charge in [0.1, 0.15) is 11.6 Å². The van der Waals surface area contributed by atoms with Crippen molar-refractivity contribution >= 4 is 0 Å². The van der Waals surface area contributed by atoms with Crippen LogP contribution in [0.5, 0.6) is 0 Å². The van der Waals surface area contributed by atoms with Crippen LogP contribution in [-0.2, 0) is 5.54 Å². The van der Waals surface area contributed by atoms with E-state index in [1.165, 1.54) is 6.07 Å². The van der Waals surface area contributed by atoms with E-state index in [0.29, 0.717) is 12.2 Å². The third-order valence-corrected chi connectivity index (χ3v) is 2.83. The van der Waals surface area contributed by atoms with Crippen LogP contribution in [0, 0.1) is 11.6 Å². The Kier molecular flexibility index (Phi) is 3.13. The summed E-state index contributed by atoms with van der Waals surface area (Å²) in [5.74, 6) is -1.12. The first kappa shape index (κ1) is 12.6. The molecule has 0 aliphatic heterocycles. The highest BCUT2D eigenvalue weighted by molar-refractivity contribution is 5.53. The zero-order valence-corrected chi connectivity index (χ0v) is 10.1. The van der Waals surface area contributed by atoms with Crippen LogP contribution in [0.25, 0.3) is 11.5 Å². The molecule has 0 aliphatic carbocycles. The summed E-state index contributed by atoms with van der Waals surface area (Å²) in [7, 11) is 0. The lowest BCUT2D eigenvalue weighted by atomic mass is 10.00. The second kappa shape index (κ2) is 4.45. The Hall–Kier alpha value is -1.82. The number of benzene rings is 1. The van der Waals surface area contributed by atoms with Crippen molar-refractivity contribution < 1.29 is 13.3 Å². The molecule has 4 nitrogen and oxygen atoms in total. The first-order chi connectivity index (χ1) is 8.44. The Morgan fingerprint density at radius 2 is 2.11 bits per heavy atom. The predicted octanol–water partition coefficient (Wildman–Crippen LogP) is 2.60. The van der Waals surface area contributed by atoms with Crippen LogP contribution in [0.1, 0.15) is 26.1 Å². The molecule has 1 aromatic heterocycles. The predicted molar refractivity (Wildman–Crippen MR) is 61.5 cm³/mol. The van der Waals surface area contributed by atoms with Gasteiger partial charge in [0.05, 0.1) is 11.1 Å². The summed E-state index contributed by atoms with van der Waals surface area (Å²) in [6.07, 6.45) is 0.609. The molecule has 0 aliphatic rings. The van der Waals surface area contributed by atoms with Crippen molar-refractivity contribution in [2.75, 3.05) is 0 Å². The number of rotatable bonds is 3. The van der Waals surface area contributed by atoms with Gasteiger partial charge in [-0.2, -0.15) is 4.98 Å². The van der Waals surface area contributed by atoms with E-state index in [0.717, 1.165) is 12.1 Å². The Balaban J connectivity index is 2.41. The molecule has 1 atom stereocenters. The van der Waals surface area contributed by atoms with Gasteiger partial charge in [0, 0.05) is 6.07 Å². The van der Waals surface area contributed by atoms with Crippen LogP contribution in [0.15, 0.2) is 22.7 Å². The number of aromatic nitrogens is 2. The molecule has 6 heteroatoms. The molecule has 0 bridgehead atoms. The zero-order valence-electron chi connectivity index (χ0n) is 10.1. The fourth-order valence-corrected chi connectivity index (χ4v) is 1.39. The average molecular weight is 253 g/mol. The highest BCUT2D eigenvalue weighted by atomic mass is 19.1. The molecule has 1 heterocycles. The maximum absolute atomic E-state index is 13.5. The molecule has 2 rings (SSSR count). The van der Waals surface area contributed by atoms with Crippen molar-refractivity contribution in [1.82, 2.24) is 10.1 Å². The van der Waals surface area contributed by atoms with E-state index in [2.05, 4.69) is 10.1 Å². The van der Waals surface area contributed by atoms with Crippen molar-refractivity contribution in [3.63, 3.8) is 0 Å². The summed E-state index contributed by atoms with van der Waals surface area (Å²) in [4.78, 5) is 4.05. The second-order valence-corrected chi connectivity index (χ2v) is 4.32. The number of halogens is 2.